The van der Waals surface area contributed by atoms with Crippen LogP contribution < -0.4 is 10.2 Å². The van der Waals surface area contributed by atoms with Gasteiger partial charge in [0.1, 0.15) is 5.75 Å². The van der Waals surface area contributed by atoms with E-state index in [1.165, 1.54) is 17.6 Å². The number of amides is 1. The first-order valence-corrected chi connectivity index (χ1v) is 11.9. The van der Waals surface area contributed by atoms with Crippen molar-refractivity contribution in [3.8, 4) is 16.9 Å². The topological polar surface area (TPSA) is 102 Å². The number of ether oxygens (including phenoxy) is 2. The Hall–Kier alpha value is -2.42. The summed E-state index contributed by atoms with van der Waals surface area (Å²) in [6.07, 6.45) is 0.961. The molecule has 0 bridgehead atoms. The van der Waals surface area contributed by atoms with Crippen LogP contribution in [0.5, 0.6) is 5.75 Å². The van der Waals surface area contributed by atoms with Gasteiger partial charge in [0.15, 0.2) is 14.6 Å². The van der Waals surface area contributed by atoms with E-state index in [1.807, 2.05) is 24.3 Å². The molecule has 8 heteroatoms. The molecule has 2 aromatic carbocycles. The van der Waals surface area contributed by atoms with Gasteiger partial charge in [0.2, 0.25) is 0 Å². The first-order valence-electron chi connectivity index (χ1n) is 10.4. The fourth-order valence-corrected chi connectivity index (χ4v) is 5.57. The molecule has 2 N–H and O–H groups in total. The number of hydrogen-bond donors (Lipinski definition) is 2. The van der Waals surface area contributed by atoms with Gasteiger partial charge in [-0.2, -0.15) is 0 Å². The fraction of sp³-hybridized carbons (Fsp3) is 0.435. The molecule has 1 amide bonds. The maximum absolute atomic E-state index is 13.3. The van der Waals surface area contributed by atoms with Crippen LogP contribution in [0.25, 0.3) is 11.1 Å². The summed E-state index contributed by atoms with van der Waals surface area (Å²) in [5.74, 6) is 0.450. The van der Waals surface area contributed by atoms with Crippen molar-refractivity contribution in [2.45, 2.75) is 42.8 Å². The van der Waals surface area contributed by atoms with Crippen molar-refractivity contribution in [2.75, 3.05) is 19.8 Å². The van der Waals surface area contributed by atoms with E-state index in [0.29, 0.717) is 12.5 Å². The number of hydroxylamine groups is 1. The van der Waals surface area contributed by atoms with Gasteiger partial charge >= 0.3 is 0 Å². The van der Waals surface area contributed by atoms with Gasteiger partial charge in [-0.25, -0.2) is 13.9 Å². The Bertz CT molecular complexity index is 978. The lowest BCUT2D eigenvalue weighted by atomic mass is 9.98. The first-order chi connectivity index (χ1) is 14.8. The second-order valence-electron chi connectivity index (χ2n) is 8.13. The third-order valence-electron chi connectivity index (χ3n) is 5.65. The van der Waals surface area contributed by atoms with Crippen molar-refractivity contribution in [2.24, 2.45) is 5.92 Å². The maximum atomic E-state index is 13.3. The van der Waals surface area contributed by atoms with E-state index in [4.69, 9.17) is 14.7 Å². The molecule has 1 aliphatic rings. The molecule has 31 heavy (non-hydrogen) atoms. The van der Waals surface area contributed by atoms with E-state index in [2.05, 4.69) is 13.8 Å². The SMILES string of the molecule is CC(C)CCOc1ccc(-c2ccc(S(=O)(=O)C3(C(=O)NO)CCOCC3)cc2)cc1. The lowest BCUT2D eigenvalue weighted by Gasteiger charge is -2.34. The normalized spacial score (nSPS) is 16.1. The Morgan fingerprint density at radius 1 is 1.06 bits per heavy atom. The summed E-state index contributed by atoms with van der Waals surface area (Å²) >= 11 is 0. The van der Waals surface area contributed by atoms with Crippen LogP contribution >= 0.6 is 0 Å². The Morgan fingerprint density at radius 2 is 1.61 bits per heavy atom. The fourth-order valence-electron chi connectivity index (χ4n) is 3.63. The van der Waals surface area contributed by atoms with Crippen LogP contribution in [0.4, 0.5) is 0 Å². The number of nitrogens with one attached hydrogen (secondary N) is 1. The maximum Gasteiger partial charge on any atom is 0.265 e. The number of rotatable bonds is 8. The highest BCUT2D eigenvalue weighted by Crippen LogP contribution is 2.36. The van der Waals surface area contributed by atoms with Gasteiger partial charge in [0.25, 0.3) is 5.91 Å². The summed E-state index contributed by atoms with van der Waals surface area (Å²) in [6.45, 7) is 5.23. The zero-order chi connectivity index (χ0) is 22.5. The summed E-state index contributed by atoms with van der Waals surface area (Å²) in [4.78, 5) is 12.4. The van der Waals surface area contributed by atoms with E-state index in [-0.39, 0.29) is 31.0 Å². The number of benzene rings is 2. The smallest absolute Gasteiger partial charge is 0.265 e. The Morgan fingerprint density at radius 3 is 2.13 bits per heavy atom. The number of carbonyl (C=O) groups is 1. The van der Waals surface area contributed by atoms with Crippen LogP contribution in [0.3, 0.4) is 0 Å². The molecule has 168 valence electrons. The highest BCUT2D eigenvalue weighted by Gasteiger charge is 2.52. The van der Waals surface area contributed by atoms with Crippen LogP contribution in [-0.4, -0.2) is 44.1 Å². The van der Waals surface area contributed by atoms with Gasteiger partial charge in [-0.1, -0.05) is 38.1 Å². The van der Waals surface area contributed by atoms with Gasteiger partial charge in [-0.05, 0) is 60.6 Å². The second kappa shape index (κ2) is 9.80. The van der Waals surface area contributed by atoms with Gasteiger partial charge in [0.05, 0.1) is 11.5 Å². The standard InChI is InChI=1S/C23H29NO6S/c1-17(2)11-14-30-20-7-3-18(4-8-20)19-5-9-21(10-6-19)31(27,28)23(22(25)24-26)12-15-29-16-13-23/h3-10,17,26H,11-16H2,1-2H3,(H,24,25). The molecule has 0 radical (unpaired) electrons. The predicted molar refractivity (Wildman–Crippen MR) is 117 cm³/mol. The molecule has 1 fully saturated rings. The minimum atomic E-state index is -4.03. The first kappa shape index (κ1) is 23.2. The molecule has 0 unspecified atom stereocenters. The van der Waals surface area contributed by atoms with Crippen LogP contribution in [0, 0.1) is 5.92 Å². The molecule has 0 aromatic heterocycles. The van der Waals surface area contributed by atoms with Crippen LogP contribution in [0.2, 0.25) is 0 Å². The van der Waals surface area contributed by atoms with Crippen LogP contribution in [0.1, 0.15) is 33.1 Å². The highest BCUT2D eigenvalue weighted by atomic mass is 32.2. The zero-order valence-electron chi connectivity index (χ0n) is 17.8. The van der Waals surface area contributed by atoms with Crippen molar-refractivity contribution in [1.29, 1.82) is 0 Å². The van der Waals surface area contributed by atoms with Gasteiger partial charge < -0.3 is 9.47 Å². The summed E-state index contributed by atoms with van der Waals surface area (Å²) < 4.78 is 35.8. The third kappa shape index (κ3) is 4.92. The van der Waals surface area contributed by atoms with Crippen molar-refractivity contribution in [3.05, 3.63) is 48.5 Å². The van der Waals surface area contributed by atoms with E-state index >= 15 is 0 Å². The molecule has 3 rings (SSSR count). The molecule has 0 spiro atoms. The Kier molecular flexibility index (Phi) is 7.35. The monoisotopic (exact) mass is 447 g/mol. The highest BCUT2D eigenvalue weighted by molar-refractivity contribution is 7.93. The van der Waals surface area contributed by atoms with Crippen LogP contribution in [-0.2, 0) is 19.4 Å². The van der Waals surface area contributed by atoms with E-state index in [1.54, 1.807) is 12.1 Å². The van der Waals surface area contributed by atoms with Crippen molar-refractivity contribution < 1.29 is 27.9 Å². The Balaban J connectivity index is 1.79. The number of carbonyl (C=O) groups excluding carboxylic acids is 1. The molecule has 1 saturated heterocycles. The predicted octanol–water partition coefficient (Wildman–Crippen LogP) is 3.61. The summed E-state index contributed by atoms with van der Waals surface area (Å²) in [6, 6.07) is 14.1. The van der Waals surface area contributed by atoms with Crippen molar-refractivity contribution in [3.63, 3.8) is 0 Å². The van der Waals surface area contributed by atoms with Crippen molar-refractivity contribution >= 4 is 15.7 Å². The molecule has 1 heterocycles. The van der Waals surface area contributed by atoms with E-state index in [0.717, 1.165) is 23.3 Å². The molecular formula is C23H29NO6S. The largest absolute Gasteiger partial charge is 0.494 e. The number of hydrogen-bond acceptors (Lipinski definition) is 6. The Labute approximate surface area is 183 Å². The lowest BCUT2D eigenvalue weighted by Crippen LogP contribution is -2.54. The molecule has 0 atom stereocenters. The summed E-state index contributed by atoms with van der Waals surface area (Å²) in [7, 11) is -4.03. The summed E-state index contributed by atoms with van der Waals surface area (Å²) in [5, 5.41) is 9.14. The molecular weight excluding hydrogens is 418 g/mol. The second-order valence-corrected chi connectivity index (χ2v) is 10.4. The minimum absolute atomic E-state index is 0.0122. The molecule has 1 aliphatic heterocycles. The average Bonchev–Trinajstić information content (AvgIpc) is 2.79. The number of sulfone groups is 1. The van der Waals surface area contributed by atoms with Gasteiger partial charge in [-0.3, -0.25) is 10.0 Å². The molecule has 7 nitrogen and oxygen atoms in total. The van der Waals surface area contributed by atoms with Gasteiger partial charge in [-0.15, -0.1) is 0 Å². The average molecular weight is 448 g/mol. The zero-order valence-corrected chi connectivity index (χ0v) is 18.7. The van der Waals surface area contributed by atoms with E-state index < -0.39 is 20.5 Å². The third-order valence-corrected chi connectivity index (χ3v) is 8.16. The quantitative estimate of drug-likeness (QED) is 0.474. The van der Waals surface area contributed by atoms with Crippen molar-refractivity contribution in [1.82, 2.24) is 5.48 Å². The molecule has 0 aliphatic carbocycles. The van der Waals surface area contributed by atoms with Crippen LogP contribution in [0.15, 0.2) is 53.4 Å². The van der Waals surface area contributed by atoms with E-state index in [9.17, 15) is 13.2 Å². The van der Waals surface area contributed by atoms with Gasteiger partial charge in [0, 0.05) is 13.2 Å². The lowest BCUT2D eigenvalue weighted by molar-refractivity contribution is -0.134. The molecule has 2 aromatic rings. The summed E-state index contributed by atoms with van der Waals surface area (Å²) in [5.41, 5.74) is 3.30. The minimum Gasteiger partial charge on any atom is -0.494 e. The molecule has 0 saturated carbocycles.